The lowest BCUT2D eigenvalue weighted by Crippen LogP contribution is -2.48. The molecule has 1 saturated heterocycles. The Morgan fingerprint density at radius 1 is 1.26 bits per heavy atom. The van der Waals surface area contributed by atoms with Crippen molar-refractivity contribution in [3.8, 4) is 5.75 Å². The van der Waals surface area contributed by atoms with Crippen molar-refractivity contribution in [1.82, 2.24) is 15.5 Å². The van der Waals surface area contributed by atoms with Crippen molar-refractivity contribution in [2.24, 2.45) is 4.99 Å². The number of likely N-dealkylation sites (tertiary alicyclic amines) is 1. The molecule has 2 aromatic rings. The first-order valence-corrected chi connectivity index (χ1v) is 10.2. The molecule has 0 aliphatic carbocycles. The Morgan fingerprint density at radius 2 is 2.03 bits per heavy atom. The maximum absolute atomic E-state index is 13.9. The second-order valence-electron chi connectivity index (χ2n) is 7.52. The molecular formula is C22H28FN5O3. The first kappa shape index (κ1) is 22.5. The van der Waals surface area contributed by atoms with Crippen molar-refractivity contribution in [1.29, 1.82) is 0 Å². The summed E-state index contributed by atoms with van der Waals surface area (Å²) in [5.41, 5.74) is 1.82. The largest absolute Gasteiger partial charge is 0.494 e. The number of ether oxygens (including phenoxy) is 1. The molecule has 1 heterocycles. The number of nitrogens with zero attached hydrogens (tertiary/aromatic N) is 3. The molecule has 31 heavy (non-hydrogen) atoms. The number of rotatable bonds is 7. The van der Waals surface area contributed by atoms with E-state index < -0.39 is 4.92 Å². The lowest BCUT2D eigenvalue weighted by molar-refractivity contribution is -0.384. The van der Waals surface area contributed by atoms with Gasteiger partial charge in [-0.2, -0.15) is 0 Å². The zero-order chi connectivity index (χ0) is 22.2. The molecule has 2 aromatic carbocycles. The third-order valence-electron chi connectivity index (χ3n) is 5.36. The summed E-state index contributed by atoms with van der Waals surface area (Å²) in [4.78, 5) is 17.1. The van der Waals surface area contributed by atoms with Gasteiger partial charge in [-0.1, -0.05) is 18.2 Å². The molecule has 2 N–H and O–H groups in total. The number of nitro benzene ring substituents is 1. The van der Waals surface area contributed by atoms with Gasteiger partial charge >= 0.3 is 0 Å². The molecule has 0 bridgehead atoms. The highest BCUT2D eigenvalue weighted by Crippen LogP contribution is 2.20. The van der Waals surface area contributed by atoms with Crippen LogP contribution < -0.4 is 15.4 Å². The first-order valence-electron chi connectivity index (χ1n) is 10.2. The highest BCUT2D eigenvalue weighted by atomic mass is 19.1. The molecule has 3 rings (SSSR count). The van der Waals surface area contributed by atoms with Crippen LogP contribution in [-0.4, -0.2) is 49.1 Å². The van der Waals surface area contributed by atoms with Crippen LogP contribution in [0, 0.1) is 15.9 Å². The summed E-state index contributed by atoms with van der Waals surface area (Å²) >= 11 is 0. The van der Waals surface area contributed by atoms with Gasteiger partial charge in [-0.15, -0.1) is 0 Å². The molecule has 1 aliphatic heterocycles. The lowest BCUT2D eigenvalue weighted by atomic mass is 10.0. The van der Waals surface area contributed by atoms with E-state index in [2.05, 4.69) is 20.5 Å². The van der Waals surface area contributed by atoms with Gasteiger partial charge in [0.15, 0.2) is 17.5 Å². The van der Waals surface area contributed by atoms with Crippen molar-refractivity contribution in [3.05, 3.63) is 69.5 Å². The first-order chi connectivity index (χ1) is 15.0. The van der Waals surface area contributed by atoms with Crippen molar-refractivity contribution < 1.29 is 14.1 Å². The summed E-state index contributed by atoms with van der Waals surface area (Å²) in [6.07, 6.45) is 1.88. The fraction of sp³-hybridized carbons (Fsp3) is 0.409. The number of hydrogen-bond acceptors (Lipinski definition) is 5. The van der Waals surface area contributed by atoms with E-state index in [0.29, 0.717) is 19.0 Å². The molecule has 0 aromatic heterocycles. The Hall–Kier alpha value is -3.20. The SMILES string of the molecule is CN=C(NCc1cccc([N+](=O)[O-])c1)NC1CCN(Cc2ccc(OC)c(F)c2)CC1. The number of aliphatic imine (C=N–C) groups is 1. The van der Waals surface area contributed by atoms with Crippen molar-refractivity contribution in [2.75, 3.05) is 27.2 Å². The minimum Gasteiger partial charge on any atom is -0.494 e. The Kier molecular flexibility index (Phi) is 7.77. The molecule has 1 aliphatic rings. The topological polar surface area (TPSA) is 92.0 Å². The highest BCUT2D eigenvalue weighted by Gasteiger charge is 2.20. The highest BCUT2D eigenvalue weighted by molar-refractivity contribution is 5.80. The summed E-state index contributed by atoms with van der Waals surface area (Å²) in [6.45, 7) is 2.94. The van der Waals surface area contributed by atoms with Gasteiger partial charge in [-0.05, 0) is 36.1 Å². The molecule has 0 saturated carbocycles. The Bertz CT molecular complexity index is 929. The standard InChI is InChI=1S/C22H28FN5O3/c1-24-22(25-14-16-4-3-5-19(12-16)28(29)30)26-18-8-10-27(11-9-18)15-17-6-7-21(31-2)20(23)13-17/h3-7,12-13,18H,8-11,14-15H2,1-2H3,(H2,24,25,26). The molecule has 0 spiro atoms. The number of nitro groups is 1. The molecule has 0 unspecified atom stereocenters. The van der Waals surface area contributed by atoms with E-state index in [4.69, 9.17) is 4.74 Å². The predicted molar refractivity (Wildman–Crippen MR) is 118 cm³/mol. The summed E-state index contributed by atoms with van der Waals surface area (Å²) in [5.74, 6) is 0.591. The van der Waals surface area contributed by atoms with Gasteiger partial charge < -0.3 is 15.4 Å². The molecule has 0 radical (unpaired) electrons. The van der Waals surface area contributed by atoms with Crippen LogP contribution in [0.1, 0.15) is 24.0 Å². The summed E-state index contributed by atoms with van der Waals surface area (Å²) in [5, 5.41) is 17.6. The van der Waals surface area contributed by atoms with Crippen molar-refractivity contribution in [3.63, 3.8) is 0 Å². The minimum atomic E-state index is -0.398. The second kappa shape index (κ2) is 10.7. The number of piperidine rings is 1. The van der Waals surface area contributed by atoms with E-state index in [1.165, 1.54) is 19.2 Å². The Balaban J connectivity index is 1.45. The van der Waals surface area contributed by atoms with Crippen LogP contribution in [0.5, 0.6) is 5.75 Å². The predicted octanol–water partition coefficient (Wildman–Crippen LogP) is 3.07. The number of hydrogen-bond donors (Lipinski definition) is 2. The van der Waals surface area contributed by atoms with Crippen LogP contribution in [0.3, 0.4) is 0 Å². The van der Waals surface area contributed by atoms with E-state index in [1.54, 1.807) is 25.2 Å². The second-order valence-corrected chi connectivity index (χ2v) is 7.52. The van der Waals surface area contributed by atoms with Crippen LogP contribution in [0.25, 0.3) is 0 Å². The quantitative estimate of drug-likeness (QED) is 0.304. The number of benzene rings is 2. The van der Waals surface area contributed by atoms with E-state index in [9.17, 15) is 14.5 Å². The normalized spacial score (nSPS) is 15.5. The Labute approximate surface area is 181 Å². The van der Waals surface area contributed by atoms with Gasteiger partial charge in [0.25, 0.3) is 5.69 Å². The number of guanidine groups is 1. The summed E-state index contributed by atoms with van der Waals surface area (Å²) in [6, 6.07) is 11.9. The van der Waals surface area contributed by atoms with Gasteiger partial charge in [-0.3, -0.25) is 20.0 Å². The number of non-ortho nitro benzene ring substituents is 1. The maximum atomic E-state index is 13.9. The minimum absolute atomic E-state index is 0.0753. The van der Waals surface area contributed by atoms with Gasteiger partial charge in [0.2, 0.25) is 0 Å². The van der Waals surface area contributed by atoms with Gasteiger partial charge in [0.05, 0.1) is 12.0 Å². The summed E-state index contributed by atoms with van der Waals surface area (Å²) in [7, 11) is 3.17. The smallest absolute Gasteiger partial charge is 0.269 e. The fourth-order valence-corrected chi connectivity index (χ4v) is 3.66. The third kappa shape index (κ3) is 6.39. The fourth-order valence-electron chi connectivity index (χ4n) is 3.66. The third-order valence-corrected chi connectivity index (χ3v) is 5.36. The monoisotopic (exact) mass is 429 g/mol. The number of halogens is 1. The van der Waals surface area contributed by atoms with Gasteiger partial charge in [0.1, 0.15) is 0 Å². The van der Waals surface area contributed by atoms with Gasteiger partial charge in [-0.25, -0.2) is 4.39 Å². The zero-order valence-corrected chi connectivity index (χ0v) is 17.8. The molecule has 8 nitrogen and oxygen atoms in total. The molecule has 0 atom stereocenters. The molecule has 9 heteroatoms. The average molecular weight is 429 g/mol. The number of nitrogens with one attached hydrogen (secondary N) is 2. The van der Waals surface area contributed by atoms with Crippen molar-refractivity contribution >= 4 is 11.6 Å². The van der Waals surface area contributed by atoms with E-state index in [0.717, 1.165) is 37.1 Å². The van der Waals surface area contributed by atoms with Crippen LogP contribution in [0.2, 0.25) is 0 Å². The molecule has 0 amide bonds. The van der Waals surface area contributed by atoms with Crippen molar-refractivity contribution in [2.45, 2.75) is 32.0 Å². The van der Waals surface area contributed by atoms with E-state index in [-0.39, 0.29) is 23.3 Å². The zero-order valence-electron chi connectivity index (χ0n) is 17.8. The maximum Gasteiger partial charge on any atom is 0.269 e. The Morgan fingerprint density at radius 3 is 2.68 bits per heavy atom. The van der Waals surface area contributed by atoms with Crippen LogP contribution in [0.4, 0.5) is 10.1 Å². The van der Waals surface area contributed by atoms with Crippen LogP contribution in [-0.2, 0) is 13.1 Å². The van der Waals surface area contributed by atoms with Crippen LogP contribution >= 0.6 is 0 Å². The molecule has 166 valence electrons. The van der Waals surface area contributed by atoms with Gasteiger partial charge in [0, 0.05) is 51.4 Å². The molecule has 1 fully saturated rings. The lowest BCUT2D eigenvalue weighted by Gasteiger charge is -2.33. The molecular weight excluding hydrogens is 401 g/mol. The van der Waals surface area contributed by atoms with Crippen LogP contribution in [0.15, 0.2) is 47.5 Å². The van der Waals surface area contributed by atoms with E-state index in [1.807, 2.05) is 12.1 Å². The van der Waals surface area contributed by atoms with E-state index >= 15 is 0 Å². The average Bonchev–Trinajstić information content (AvgIpc) is 2.78. The summed E-state index contributed by atoms with van der Waals surface area (Å²) < 4.78 is 18.9. The number of methoxy groups -OCH3 is 1.